The molecule has 6 atom stereocenters. The highest BCUT2D eigenvalue weighted by Gasteiger charge is 2.83. The molecule has 3 nitrogen and oxygen atoms in total. The van der Waals surface area contributed by atoms with E-state index in [2.05, 4.69) is 56.0 Å². The third kappa shape index (κ3) is 2.01. The van der Waals surface area contributed by atoms with Crippen molar-refractivity contribution < 1.29 is 4.79 Å². The lowest BCUT2D eigenvalue weighted by atomic mass is 9.38. The molecule has 29 heavy (non-hydrogen) atoms. The zero-order valence-electron chi connectivity index (χ0n) is 18.3. The average molecular weight is 393 g/mol. The van der Waals surface area contributed by atoms with Gasteiger partial charge in [0.2, 0.25) is 5.91 Å². The first-order valence-electron chi connectivity index (χ1n) is 11.8. The monoisotopic (exact) mass is 392 g/mol. The highest BCUT2D eigenvalue weighted by Crippen LogP contribution is 2.88. The molecule has 2 N–H and O–H groups in total. The lowest BCUT2D eigenvalue weighted by molar-refractivity contribution is -0.148. The number of likely N-dealkylation sites (tertiary alicyclic amines) is 1. The molecule has 3 heteroatoms. The van der Waals surface area contributed by atoms with E-state index in [1.54, 1.807) is 0 Å². The van der Waals surface area contributed by atoms with Crippen molar-refractivity contribution in [1.29, 1.82) is 0 Å². The van der Waals surface area contributed by atoms with Crippen molar-refractivity contribution in [2.75, 3.05) is 13.1 Å². The predicted molar refractivity (Wildman–Crippen MR) is 115 cm³/mol. The van der Waals surface area contributed by atoms with Crippen LogP contribution in [0.25, 0.3) is 0 Å². The molecule has 3 unspecified atom stereocenters. The largest absolute Gasteiger partial charge is 0.342 e. The van der Waals surface area contributed by atoms with Gasteiger partial charge in [0.15, 0.2) is 0 Å². The van der Waals surface area contributed by atoms with Crippen molar-refractivity contribution in [2.24, 2.45) is 33.3 Å². The molecule has 1 spiro atoms. The first-order valence-corrected chi connectivity index (χ1v) is 11.8. The van der Waals surface area contributed by atoms with Crippen molar-refractivity contribution in [1.82, 2.24) is 4.90 Å². The number of amides is 1. The zero-order chi connectivity index (χ0) is 20.3. The Kier molecular flexibility index (Phi) is 3.35. The van der Waals surface area contributed by atoms with Crippen molar-refractivity contribution in [3.05, 3.63) is 35.9 Å². The van der Waals surface area contributed by atoms with Crippen LogP contribution < -0.4 is 5.73 Å². The van der Waals surface area contributed by atoms with Gasteiger partial charge in [-0.15, -0.1) is 0 Å². The van der Waals surface area contributed by atoms with E-state index >= 15 is 0 Å². The van der Waals surface area contributed by atoms with Crippen LogP contribution in [0.15, 0.2) is 30.3 Å². The summed E-state index contributed by atoms with van der Waals surface area (Å²) in [6, 6.07) is 11.4. The molecule has 4 saturated carbocycles. The Hall–Kier alpha value is -1.35. The smallest absolute Gasteiger partial charge is 0.228 e. The second kappa shape index (κ2) is 5.28. The van der Waals surface area contributed by atoms with Gasteiger partial charge in [0, 0.05) is 24.5 Å². The van der Waals surface area contributed by atoms with Crippen LogP contribution in [0, 0.1) is 27.6 Å². The van der Waals surface area contributed by atoms with Gasteiger partial charge >= 0.3 is 0 Å². The molecular weight excluding hydrogens is 356 g/mol. The number of fused-ring (bicyclic) bond motifs is 2. The van der Waals surface area contributed by atoms with E-state index in [1.165, 1.54) is 24.8 Å². The van der Waals surface area contributed by atoms with Gasteiger partial charge in [-0.2, -0.15) is 0 Å². The van der Waals surface area contributed by atoms with E-state index in [-0.39, 0.29) is 22.3 Å². The second-order valence-corrected chi connectivity index (χ2v) is 12.5. The molecule has 1 aromatic rings. The van der Waals surface area contributed by atoms with Crippen LogP contribution in [0.5, 0.6) is 0 Å². The zero-order valence-corrected chi connectivity index (χ0v) is 18.3. The van der Waals surface area contributed by atoms with Crippen molar-refractivity contribution in [2.45, 2.75) is 77.2 Å². The Morgan fingerprint density at radius 3 is 2.52 bits per heavy atom. The average Bonchev–Trinajstić information content (AvgIpc) is 2.97. The van der Waals surface area contributed by atoms with E-state index in [0.717, 1.165) is 44.7 Å². The van der Waals surface area contributed by atoms with Gasteiger partial charge < -0.3 is 10.6 Å². The van der Waals surface area contributed by atoms with Gasteiger partial charge in [0.1, 0.15) is 0 Å². The van der Waals surface area contributed by atoms with Crippen LogP contribution in [0.3, 0.4) is 0 Å². The number of piperidine rings is 1. The molecular formula is C26H36N2O. The summed E-state index contributed by atoms with van der Waals surface area (Å²) in [6.45, 7) is 8.68. The summed E-state index contributed by atoms with van der Waals surface area (Å²) in [7, 11) is 0. The lowest BCUT2D eigenvalue weighted by Crippen LogP contribution is -2.61. The van der Waals surface area contributed by atoms with Crippen LogP contribution >= 0.6 is 0 Å². The number of hydrogen-bond acceptors (Lipinski definition) is 2. The summed E-state index contributed by atoms with van der Waals surface area (Å²) in [5.41, 5.74) is 8.79. The molecule has 6 rings (SSSR count). The van der Waals surface area contributed by atoms with E-state index in [9.17, 15) is 4.79 Å². The Balaban J connectivity index is 1.41. The second-order valence-electron chi connectivity index (χ2n) is 12.5. The predicted octanol–water partition coefficient (Wildman–Crippen LogP) is 4.50. The minimum absolute atomic E-state index is 0.0136. The maximum absolute atomic E-state index is 14.2. The van der Waals surface area contributed by atoms with E-state index in [4.69, 9.17) is 5.73 Å². The van der Waals surface area contributed by atoms with Crippen molar-refractivity contribution >= 4 is 5.91 Å². The van der Waals surface area contributed by atoms with Crippen LogP contribution in [-0.2, 0) is 10.2 Å². The SMILES string of the molecule is CC1(C)CN(C(=O)C23CC4CC5(C2)[C@](C)(C4)C[C@@]5(c2ccccc2)C3)CC[C@@H]1N. The van der Waals surface area contributed by atoms with Gasteiger partial charge in [-0.3, -0.25) is 4.79 Å². The summed E-state index contributed by atoms with van der Waals surface area (Å²) in [5.74, 6) is 1.21. The van der Waals surface area contributed by atoms with Gasteiger partial charge in [-0.25, -0.2) is 0 Å². The van der Waals surface area contributed by atoms with Crippen LogP contribution in [0.2, 0.25) is 0 Å². The molecule has 5 aliphatic rings. The minimum Gasteiger partial charge on any atom is -0.342 e. The van der Waals surface area contributed by atoms with E-state index in [1.807, 2.05) is 0 Å². The number of hydrogen-bond donors (Lipinski definition) is 1. The summed E-state index contributed by atoms with van der Waals surface area (Å²) in [6.07, 6.45) is 8.25. The molecule has 3 bridgehead atoms. The molecule has 0 aromatic heterocycles. The number of carbonyl (C=O) groups is 1. The van der Waals surface area contributed by atoms with Crippen molar-refractivity contribution in [3.63, 3.8) is 0 Å². The molecule has 156 valence electrons. The highest BCUT2D eigenvalue weighted by molar-refractivity contribution is 5.85. The maximum Gasteiger partial charge on any atom is 0.228 e. The number of nitrogens with two attached hydrogens (primary N) is 1. The molecule has 4 aliphatic carbocycles. The molecule has 1 aliphatic heterocycles. The Morgan fingerprint density at radius 2 is 1.79 bits per heavy atom. The first-order chi connectivity index (χ1) is 13.7. The Labute approximate surface area is 175 Å². The molecule has 1 aromatic carbocycles. The van der Waals surface area contributed by atoms with Crippen LogP contribution in [0.1, 0.15) is 71.3 Å². The number of carbonyl (C=O) groups excluding carboxylic acids is 1. The summed E-state index contributed by atoms with van der Waals surface area (Å²) in [5, 5.41) is 0. The van der Waals surface area contributed by atoms with E-state index in [0.29, 0.717) is 16.7 Å². The fourth-order valence-corrected chi connectivity index (χ4v) is 9.49. The van der Waals surface area contributed by atoms with Gasteiger partial charge in [-0.05, 0) is 72.7 Å². The lowest BCUT2D eigenvalue weighted by Gasteiger charge is -2.66. The van der Waals surface area contributed by atoms with Gasteiger partial charge in [0.25, 0.3) is 0 Å². The molecule has 0 radical (unpaired) electrons. The third-order valence-electron chi connectivity index (χ3n) is 10.5. The molecule has 5 fully saturated rings. The first kappa shape index (κ1) is 18.4. The maximum atomic E-state index is 14.2. The minimum atomic E-state index is -0.134. The summed E-state index contributed by atoms with van der Waals surface area (Å²) >= 11 is 0. The number of benzene rings is 1. The number of rotatable bonds is 2. The Bertz CT molecular complexity index is 880. The third-order valence-corrected chi connectivity index (χ3v) is 10.5. The highest BCUT2D eigenvalue weighted by atomic mass is 16.2. The normalized spacial score (nSPS) is 49.0. The standard InChI is InChI=1S/C26H36N2O/c1-22(2)17-28(10-9-20(22)27)21(29)24-12-18-11-23(3)14-25(15-24,26(23,13-18)16-24)19-7-5-4-6-8-19/h4-8,18,20H,9-17,27H2,1-3H3/t18?,20-,23+,24?,25-,26?/m0/s1. The molecule has 1 amide bonds. The van der Waals surface area contributed by atoms with Gasteiger partial charge in [0.05, 0.1) is 5.41 Å². The summed E-state index contributed by atoms with van der Waals surface area (Å²) < 4.78 is 0. The van der Waals surface area contributed by atoms with Gasteiger partial charge in [-0.1, -0.05) is 51.1 Å². The van der Waals surface area contributed by atoms with Crippen molar-refractivity contribution in [3.8, 4) is 0 Å². The quantitative estimate of drug-likeness (QED) is 0.805. The Morgan fingerprint density at radius 1 is 1.03 bits per heavy atom. The fourth-order valence-electron chi connectivity index (χ4n) is 9.49. The van der Waals surface area contributed by atoms with Crippen LogP contribution in [-0.4, -0.2) is 29.9 Å². The van der Waals surface area contributed by atoms with E-state index < -0.39 is 0 Å². The topological polar surface area (TPSA) is 46.3 Å². The molecule has 1 saturated heterocycles. The fraction of sp³-hybridized carbons (Fsp3) is 0.731. The molecule has 1 heterocycles. The summed E-state index contributed by atoms with van der Waals surface area (Å²) in [4.78, 5) is 16.4. The van der Waals surface area contributed by atoms with Crippen LogP contribution in [0.4, 0.5) is 0 Å². The number of nitrogens with zero attached hydrogens (tertiary/aromatic N) is 1.